The van der Waals surface area contributed by atoms with Gasteiger partial charge in [-0.2, -0.15) is 0 Å². The zero-order valence-corrected chi connectivity index (χ0v) is 10.1. The Bertz CT molecular complexity index is 301. The molecular weight excluding hydrogens is 222 g/mol. The molecule has 1 aliphatic rings. The normalized spacial score (nSPS) is 17.6. The van der Waals surface area contributed by atoms with Crippen LogP contribution in [-0.2, 0) is 14.4 Å². The summed E-state index contributed by atoms with van der Waals surface area (Å²) in [5, 5.41) is 3.00. The van der Waals surface area contributed by atoms with Gasteiger partial charge in [-0.25, -0.2) is 0 Å². The Kier molecular flexibility index (Phi) is 5.09. The minimum atomic E-state index is -0.476. The highest BCUT2D eigenvalue weighted by molar-refractivity contribution is 6.01. The van der Waals surface area contributed by atoms with E-state index in [1.54, 1.807) is 0 Å². The molecule has 1 aliphatic heterocycles. The number of amides is 3. The number of nitrogens with one attached hydrogen (secondary N) is 1. The highest BCUT2D eigenvalue weighted by atomic mass is 16.2. The summed E-state index contributed by atoms with van der Waals surface area (Å²) in [6.45, 7) is 2.94. The van der Waals surface area contributed by atoms with Crippen molar-refractivity contribution in [2.45, 2.75) is 38.6 Å². The zero-order chi connectivity index (χ0) is 12.8. The van der Waals surface area contributed by atoms with Gasteiger partial charge < -0.3 is 11.1 Å². The molecule has 0 bridgehead atoms. The number of likely N-dealkylation sites (tertiary alicyclic amines) is 1. The number of carbonyl (C=O) groups is 3. The molecule has 6 heteroatoms. The molecule has 6 nitrogen and oxygen atoms in total. The summed E-state index contributed by atoms with van der Waals surface area (Å²) < 4.78 is 0. The molecular formula is C11H19N3O3. The van der Waals surface area contributed by atoms with Crippen molar-refractivity contribution in [3.8, 4) is 0 Å². The largest absolute Gasteiger partial charge is 0.368 e. The van der Waals surface area contributed by atoms with Crippen LogP contribution in [0.15, 0.2) is 0 Å². The maximum atomic E-state index is 11.3. The molecule has 1 heterocycles. The standard InChI is InChI=1S/C11H19N3O3/c1-2-6-13-8(11(12)17)5-7-14-9(15)3-4-10(14)16/h8,13H,2-7H2,1H3,(H2,12,17). The molecule has 0 aliphatic carbocycles. The van der Waals surface area contributed by atoms with Crippen LogP contribution in [0.4, 0.5) is 0 Å². The second-order valence-corrected chi connectivity index (χ2v) is 4.14. The minimum Gasteiger partial charge on any atom is -0.368 e. The predicted octanol–water partition coefficient (Wildman–Crippen LogP) is -0.621. The van der Waals surface area contributed by atoms with Crippen LogP contribution in [0.2, 0.25) is 0 Å². The first-order valence-corrected chi connectivity index (χ1v) is 5.92. The lowest BCUT2D eigenvalue weighted by molar-refractivity contribution is -0.139. The van der Waals surface area contributed by atoms with Crippen molar-refractivity contribution >= 4 is 17.7 Å². The van der Waals surface area contributed by atoms with Crippen LogP contribution in [0.5, 0.6) is 0 Å². The summed E-state index contributed by atoms with van der Waals surface area (Å²) in [4.78, 5) is 35.1. The van der Waals surface area contributed by atoms with Gasteiger partial charge in [0, 0.05) is 19.4 Å². The Labute approximate surface area is 101 Å². The van der Waals surface area contributed by atoms with E-state index in [9.17, 15) is 14.4 Å². The van der Waals surface area contributed by atoms with Gasteiger partial charge in [0.2, 0.25) is 17.7 Å². The van der Waals surface area contributed by atoms with Gasteiger partial charge in [-0.1, -0.05) is 6.92 Å². The summed E-state index contributed by atoms with van der Waals surface area (Å²) in [6, 6.07) is -0.476. The number of hydrogen-bond acceptors (Lipinski definition) is 4. The third kappa shape index (κ3) is 3.81. The van der Waals surface area contributed by atoms with Gasteiger partial charge in [-0.15, -0.1) is 0 Å². The van der Waals surface area contributed by atoms with Crippen molar-refractivity contribution in [3.05, 3.63) is 0 Å². The summed E-state index contributed by atoms with van der Waals surface area (Å²) in [5.74, 6) is -0.764. The van der Waals surface area contributed by atoms with Gasteiger partial charge in [0.1, 0.15) is 0 Å². The van der Waals surface area contributed by atoms with Gasteiger partial charge in [0.15, 0.2) is 0 Å². The van der Waals surface area contributed by atoms with Crippen molar-refractivity contribution in [2.24, 2.45) is 5.73 Å². The lowest BCUT2D eigenvalue weighted by atomic mass is 10.2. The first-order chi connectivity index (χ1) is 8.06. The molecule has 3 N–H and O–H groups in total. The Morgan fingerprint density at radius 1 is 1.41 bits per heavy atom. The van der Waals surface area contributed by atoms with Gasteiger partial charge in [0.05, 0.1) is 6.04 Å². The van der Waals surface area contributed by atoms with E-state index in [4.69, 9.17) is 5.73 Å². The van der Waals surface area contributed by atoms with Crippen LogP contribution >= 0.6 is 0 Å². The van der Waals surface area contributed by atoms with Crippen LogP contribution in [0.3, 0.4) is 0 Å². The van der Waals surface area contributed by atoms with E-state index in [1.165, 1.54) is 4.90 Å². The van der Waals surface area contributed by atoms with Gasteiger partial charge in [-0.3, -0.25) is 19.3 Å². The molecule has 1 unspecified atom stereocenters. The molecule has 0 aromatic rings. The van der Waals surface area contributed by atoms with Crippen molar-refractivity contribution in [2.75, 3.05) is 13.1 Å². The highest BCUT2D eigenvalue weighted by Gasteiger charge is 2.29. The molecule has 0 spiro atoms. The molecule has 0 radical (unpaired) electrons. The monoisotopic (exact) mass is 241 g/mol. The topological polar surface area (TPSA) is 92.5 Å². The van der Waals surface area contributed by atoms with Gasteiger partial charge in [0.25, 0.3) is 0 Å². The molecule has 17 heavy (non-hydrogen) atoms. The average Bonchev–Trinajstić information content (AvgIpc) is 2.59. The molecule has 96 valence electrons. The average molecular weight is 241 g/mol. The van der Waals surface area contributed by atoms with E-state index in [1.807, 2.05) is 6.92 Å². The second kappa shape index (κ2) is 6.34. The molecule has 0 aromatic heterocycles. The van der Waals surface area contributed by atoms with Crippen LogP contribution in [0.25, 0.3) is 0 Å². The maximum Gasteiger partial charge on any atom is 0.234 e. The first-order valence-electron chi connectivity index (χ1n) is 5.92. The van der Waals surface area contributed by atoms with Crippen molar-refractivity contribution < 1.29 is 14.4 Å². The zero-order valence-electron chi connectivity index (χ0n) is 10.1. The first kappa shape index (κ1) is 13.6. The van der Waals surface area contributed by atoms with Crippen molar-refractivity contribution in [3.63, 3.8) is 0 Å². The Morgan fingerprint density at radius 2 is 2.00 bits per heavy atom. The summed E-state index contributed by atoms with van der Waals surface area (Å²) >= 11 is 0. The molecule has 3 amide bonds. The van der Waals surface area contributed by atoms with E-state index in [0.29, 0.717) is 13.0 Å². The number of hydrogen-bond donors (Lipinski definition) is 2. The highest BCUT2D eigenvalue weighted by Crippen LogP contribution is 2.12. The van der Waals surface area contributed by atoms with Crippen LogP contribution in [0.1, 0.15) is 32.6 Å². The Balaban J connectivity index is 2.43. The number of nitrogens with zero attached hydrogens (tertiary/aromatic N) is 1. The fourth-order valence-corrected chi connectivity index (χ4v) is 1.79. The van der Waals surface area contributed by atoms with Gasteiger partial charge >= 0.3 is 0 Å². The van der Waals surface area contributed by atoms with Crippen LogP contribution in [-0.4, -0.2) is 41.8 Å². The SMILES string of the molecule is CCCNC(CCN1C(=O)CCC1=O)C(N)=O. The number of carbonyl (C=O) groups excluding carboxylic acids is 3. The minimum absolute atomic E-state index is 0.159. The van der Waals surface area contributed by atoms with Crippen LogP contribution < -0.4 is 11.1 Å². The van der Waals surface area contributed by atoms with E-state index >= 15 is 0 Å². The molecule has 0 aromatic carbocycles. The number of rotatable bonds is 7. The van der Waals surface area contributed by atoms with Gasteiger partial charge in [-0.05, 0) is 19.4 Å². The smallest absolute Gasteiger partial charge is 0.234 e. The quantitative estimate of drug-likeness (QED) is 0.581. The molecule has 1 saturated heterocycles. The Hall–Kier alpha value is -1.43. The predicted molar refractivity (Wildman–Crippen MR) is 61.8 cm³/mol. The van der Waals surface area contributed by atoms with E-state index in [-0.39, 0.29) is 31.2 Å². The number of imide groups is 1. The van der Waals surface area contributed by atoms with E-state index in [0.717, 1.165) is 6.42 Å². The fraction of sp³-hybridized carbons (Fsp3) is 0.727. The summed E-state index contributed by atoms with van der Waals surface area (Å²) in [7, 11) is 0. The number of primary amides is 1. The lowest BCUT2D eigenvalue weighted by Gasteiger charge is -2.19. The molecule has 1 atom stereocenters. The van der Waals surface area contributed by atoms with Crippen molar-refractivity contribution in [1.82, 2.24) is 10.2 Å². The molecule has 0 saturated carbocycles. The molecule has 1 rings (SSSR count). The third-order valence-electron chi connectivity index (χ3n) is 2.78. The van der Waals surface area contributed by atoms with E-state index < -0.39 is 11.9 Å². The van der Waals surface area contributed by atoms with Crippen molar-refractivity contribution in [1.29, 1.82) is 0 Å². The fourth-order valence-electron chi connectivity index (χ4n) is 1.79. The number of nitrogens with two attached hydrogens (primary N) is 1. The summed E-state index contributed by atoms with van der Waals surface area (Å²) in [6.07, 6.45) is 1.84. The Morgan fingerprint density at radius 3 is 2.47 bits per heavy atom. The van der Waals surface area contributed by atoms with Crippen LogP contribution in [0, 0.1) is 0 Å². The lowest BCUT2D eigenvalue weighted by Crippen LogP contribution is -2.44. The third-order valence-corrected chi connectivity index (χ3v) is 2.78. The van der Waals surface area contributed by atoms with E-state index in [2.05, 4.69) is 5.32 Å². The molecule has 1 fully saturated rings. The maximum absolute atomic E-state index is 11.3. The summed E-state index contributed by atoms with van der Waals surface area (Å²) in [5.41, 5.74) is 5.24. The second-order valence-electron chi connectivity index (χ2n) is 4.14.